The standard InChI is InChI=1S/C17H22N.6FH.Sb.3H/c1-3-18(4-2,17-13-9-6-10-14-17)15-16-11-7-5-8-12-16;;;;;;;;;;/h5-14H,3-4,15H2,1-2H3;6*1H;;;;/q+1;;;;;;;;;;/p-6. The van der Waals surface area contributed by atoms with Crippen molar-refractivity contribution in [2.24, 2.45) is 0 Å². The molecular formula is C17H25F6NSb-5. The van der Waals surface area contributed by atoms with Crippen molar-refractivity contribution in [1.82, 2.24) is 4.48 Å². The summed E-state index contributed by atoms with van der Waals surface area (Å²) in [6, 6.07) is 21.6. The second kappa shape index (κ2) is 19.1. The normalized spacial score (nSPS) is 8.24. The summed E-state index contributed by atoms with van der Waals surface area (Å²) in [6.07, 6.45) is 0. The molecule has 2 aromatic rings. The van der Waals surface area contributed by atoms with Crippen LogP contribution in [-0.2, 0) is 6.54 Å². The molecule has 0 aliphatic rings. The second-order valence-electron chi connectivity index (χ2n) is 4.76. The molecule has 2 aromatic carbocycles. The Labute approximate surface area is 162 Å². The number of hydrogen-bond donors (Lipinski definition) is 0. The molecule has 2 rings (SSSR count). The Hall–Kier alpha value is -1.20. The molecule has 8 heteroatoms. The van der Waals surface area contributed by atoms with Crippen molar-refractivity contribution in [2.45, 2.75) is 20.4 Å². The second-order valence-corrected chi connectivity index (χ2v) is 4.76. The molecule has 0 unspecified atom stereocenters. The molecule has 0 fully saturated rings. The fourth-order valence-electron chi connectivity index (χ4n) is 2.58. The van der Waals surface area contributed by atoms with Crippen molar-refractivity contribution in [3.05, 3.63) is 66.2 Å². The Morgan fingerprint density at radius 3 is 1.32 bits per heavy atom. The van der Waals surface area contributed by atoms with Gasteiger partial charge in [0.15, 0.2) is 0 Å². The van der Waals surface area contributed by atoms with E-state index < -0.39 is 0 Å². The van der Waals surface area contributed by atoms with E-state index in [9.17, 15) is 0 Å². The summed E-state index contributed by atoms with van der Waals surface area (Å²) in [5.41, 5.74) is 2.82. The van der Waals surface area contributed by atoms with Gasteiger partial charge in [0.1, 0.15) is 12.2 Å². The molecule has 0 aromatic heterocycles. The summed E-state index contributed by atoms with van der Waals surface area (Å²) in [6.45, 7) is 7.86. The molecular weight excluding hydrogens is 454 g/mol. The van der Waals surface area contributed by atoms with E-state index in [0.29, 0.717) is 0 Å². The molecule has 25 heavy (non-hydrogen) atoms. The zero-order valence-electron chi connectivity index (χ0n) is 14.3. The zero-order valence-corrected chi connectivity index (χ0v) is 18.4. The van der Waals surface area contributed by atoms with Crippen LogP contribution in [0.5, 0.6) is 0 Å². The van der Waals surface area contributed by atoms with E-state index >= 15 is 0 Å². The predicted octanol–water partition coefficient (Wildman–Crippen LogP) is -14.9. The predicted molar refractivity (Wildman–Crippen MR) is 89.4 cm³/mol. The van der Waals surface area contributed by atoms with E-state index in [1.807, 2.05) is 0 Å². The van der Waals surface area contributed by atoms with Crippen molar-refractivity contribution in [3.8, 4) is 0 Å². The van der Waals surface area contributed by atoms with Gasteiger partial charge < -0.3 is 28.2 Å². The molecule has 0 aliphatic carbocycles. The fourth-order valence-corrected chi connectivity index (χ4v) is 2.58. The van der Waals surface area contributed by atoms with Gasteiger partial charge >= 0.3 is 24.4 Å². The van der Waals surface area contributed by atoms with Crippen LogP contribution in [0.4, 0.5) is 5.69 Å². The van der Waals surface area contributed by atoms with Crippen LogP contribution >= 0.6 is 0 Å². The topological polar surface area (TPSA) is 0 Å². The summed E-state index contributed by atoms with van der Waals surface area (Å²) < 4.78 is 1.02. The van der Waals surface area contributed by atoms with Crippen LogP contribution in [0, 0.1) is 0 Å². The van der Waals surface area contributed by atoms with Crippen LogP contribution in [0.1, 0.15) is 19.4 Å². The molecule has 0 heterocycles. The molecule has 0 bridgehead atoms. The number of quaternary nitrogens is 1. The van der Waals surface area contributed by atoms with Gasteiger partial charge in [-0.05, 0) is 26.0 Å². The van der Waals surface area contributed by atoms with Gasteiger partial charge in [-0.2, -0.15) is 0 Å². The Balaban J connectivity index is -0.000000129. The van der Waals surface area contributed by atoms with Crippen LogP contribution in [0.25, 0.3) is 0 Å². The number of nitrogens with zero attached hydrogens (tertiary/aromatic N) is 1. The van der Waals surface area contributed by atoms with Gasteiger partial charge in [0.25, 0.3) is 0 Å². The Kier molecular flexibility index (Phi) is 29.9. The summed E-state index contributed by atoms with van der Waals surface area (Å²) >= 11 is 0. The Morgan fingerprint density at radius 1 is 0.600 bits per heavy atom. The quantitative estimate of drug-likeness (QED) is 0.227. The average molecular weight is 479 g/mol. The zero-order chi connectivity index (χ0) is 12.8. The number of rotatable bonds is 5. The van der Waals surface area contributed by atoms with Crippen LogP contribution in [0.2, 0.25) is 0 Å². The van der Waals surface area contributed by atoms with Gasteiger partial charge in [0.05, 0.1) is 13.1 Å². The fraction of sp³-hybridized carbons (Fsp3) is 0.294. The molecule has 0 radical (unpaired) electrons. The first-order valence-corrected chi connectivity index (χ1v) is 6.76. The number of para-hydroxylation sites is 1. The third-order valence-electron chi connectivity index (χ3n) is 3.84. The molecule has 0 aliphatic heterocycles. The molecule has 0 saturated heterocycles. The van der Waals surface area contributed by atoms with Crippen LogP contribution in [0.3, 0.4) is 0 Å². The first-order valence-electron chi connectivity index (χ1n) is 6.76. The van der Waals surface area contributed by atoms with Crippen LogP contribution < -0.4 is 32.7 Å². The SMILES string of the molecule is CC[N+](CC)(Cc1ccccc1)c1ccccc1.[F-].[F-].[F-].[F-].[F-].[F-].[SbH3]. The number of halogens is 6. The van der Waals surface area contributed by atoms with Gasteiger partial charge in [-0.3, -0.25) is 4.48 Å². The van der Waals surface area contributed by atoms with E-state index in [4.69, 9.17) is 0 Å². The minimum absolute atomic E-state index is 0. The molecule has 0 atom stereocenters. The average Bonchev–Trinajstić information content (AvgIpc) is 2.47. The van der Waals surface area contributed by atoms with E-state index in [1.165, 1.54) is 11.3 Å². The number of hydrogen-bond acceptors (Lipinski definition) is 0. The molecule has 150 valence electrons. The van der Waals surface area contributed by atoms with Gasteiger partial charge in [0, 0.05) is 5.56 Å². The minimum atomic E-state index is 0. The van der Waals surface area contributed by atoms with Crippen molar-refractivity contribution >= 4 is 30.1 Å². The van der Waals surface area contributed by atoms with E-state index in [1.54, 1.807) is 0 Å². The maximum absolute atomic E-state index is 2.28. The van der Waals surface area contributed by atoms with Gasteiger partial charge in [-0.25, -0.2) is 0 Å². The Morgan fingerprint density at radius 2 is 0.960 bits per heavy atom. The summed E-state index contributed by atoms with van der Waals surface area (Å²) in [4.78, 5) is 0. The van der Waals surface area contributed by atoms with E-state index in [-0.39, 0.29) is 52.7 Å². The van der Waals surface area contributed by atoms with E-state index in [0.717, 1.165) is 24.1 Å². The van der Waals surface area contributed by atoms with Crippen molar-refractivity contribution in [3.63, 3.8) is 0 Å². The summed E-state index contributed by atoms with van der Waals surface area (Å²) in [5, 5.41) is 0. The van der Waals surface area contributed by atoms with Crippen LogP contribution in [0.15, 0.2) is 60.7 Å². The molecule has 0 amide bonds. The summed E-state index contributed by atoms with van der Waals surface area (Å²) in [7, 11) is 0. The third kappa shape index (κ3) is 9.75. The molecule has 0 spiro atoms. The van der Waals surface area contributed by atoms with Crippen molar-refractivity contribution in [1.29, 1.82) is 0 Å². The third-order valence-corrected chi connectivity index (χ3v) is 3.84. The van der Waals surface area contributed by atoms with Crippen molar-refractivity contribution < 1.29 is 28.2 Å². The van der Waals surface area contributed by atoms with Crippen LogP contribution in [-0.4, -0.2) is 37.5 Å². The Bertz CT molecular complexity index is 483. The van der Waals surface area contributed by atoms with Crippen molar-refractivity contribution in [2.75, 3.05) is 13.1 Å². The number of benzene rings is 2. The molecule has 1 nitrogen and oxygen atoms in total. The van der Waals surface area contributed by atoms with Gasteiger partial charge in [0.2, 0.25) is 0 Å². The van der Waals surface area contributed by atoms with E-state index in [2.05, 4.69) is 74.5 Å². The maximum atomic E-state index is 2.28. The van der Waals surface area contributed by atoms with Gasteiger partial charge in [-0.1, -0.05) is 48.5 Å². The monoisotopic (exact) mass is 478 g/mol. The molecule has 0 N–H and O–H groups in total. The first kappa shape index (κ1) is 39.0. The van der Waals surface area contributed by atoms with Gasteiger partial charge in [-0.15, -0.1) is 0 Å². The first-order chi connectivity index (χ1) is 8.80. The molecule has 0 saturated carbocycles. The summed E-state index contributed by atoms with van der Waals surface area (Å²) in [5.74, 6) is 0.